The molecule has 2 aromatic carbocycles. The van der Waals surface area contributed by atoms with Crippen LogP contribution in [-0.2, 0) is 13.0 Å². The molecule has 0 aliphatic carbocycles. The molecule has 0 saturated heterocycles. The highest BCUT2D eigenvalue weighted by Crippen LogP contribution is 2.26. The molecule has 2 rings (SSSR count). The summed E-state index contributed by atoms with van der Waals surface area (Å²) in [5, 5.41) is 3.18. The van der Waals surface area contributed by atoms with Gasteiger partial charge < -0.3 is 10.1 Å². The normalized spacial score (nSPS) is 10.6. The van der Waals surface area contributed by atoms with Gasteiger partial charge in [0, 0.05) is 12.1 Å². The zero-order chi connectivity index (χ0) is 14.4. The van der Waals surface area contributed by atoms with Gasteiger partial charge in [-0.1, -0.05) is 43.2 Å². The van der Waals surface area contributed by atoms with Gasteiger partial charge in [-0.2, -0.15) is 0 Å². The van der Waals surface area contributed by atoms with E-state index >= 15 is 0 Å². The fourth-order valence-electron chi connectivity index (χ4n) is 2.28. The van der Waals surface area contributed by atoms with Crippen molar-refractivity contribution >= 4 is 0 Å². The molecule has 106 valence electrons. The lowest BCUT2D eigenvalue weighted by atomic mass is 10.1. The standard InChI is InChI=1S/C18H23NO/c1-4-5-15-7-9-17(10-8-15)20-18-11-6-14(2)12-16(18)13-19-3/h6-12,19H,4-5,13H2,1-3H3. The predicted molar refractivity (Wildman–Crippen MR) is 84.5 cm³/mol. The van der Waals surface area contributed by atoms with Crippen molar-refractivity contribution in [3.8, 4) is 11.5 Å². The van der Waals surface area contributed by atoms with Gasteiger partial charge in [0.2, 0.25) is 0 Å². The van der Waals surface area contributed by atoms with Crippen molar-refractivity contribution in [2.45, 2.75) is 33.2 Å². The van der Waals surface area contributed by atoms with E-state index in [1.54, 1.807) is 0 Å². The lowest BCUT2D eigenvalue weighted by Crippen LogP contribution is -2.06. The third kappa shape index (κ3) is 3.84. The molecule has 0 spiro atoms. The van der Waals surface area contributed by atoms with Crippen LogP contribution in [0.1, 0.15) is 30.0 Å². The van der Waals surface area contributed by atoms with Crippen molar-refractivity contribution in [1.29, 1.82) is 0 Å². The van der Waals surface area contributed by atoms with E-state index in [1.165, 1.54) is 23.1 Å². The first-order valence-corrected chi connectivity index (χ1v) is 7.24. The summed E-state index contributed by atoms with van der Waals surface area (Å²) in [7, 11) is 1.95. The molecule has 0 radical (unpaired) electrons. The van der Waals surface area contributed by atoms with Gasteiger partial charge in [-0.25, -0.2) is 0 Å². The maximum Gasteiger partial charge on any atom is 0.131 e. The topological polar surface area (TPSA) is 21.3 Å². The van der Waals surface area contributed by atoms with E-state index in [2.05, 4.69) is 43.4 Å². The number of nitrogens with one attached hydrogen (secondary N) is 1. The minimum Gasteiger partial charge on any atom is -0.457 e. The van der Waals surface area contributed by atoms with Gasteiger partial charge in [0.15, 0.2) is 0 Å². The number of benzene rings is 2. The molecule has 1 N–H and O–H groups in total. The Bertz CT molecular complexity index is 546. The highest BCUT2D eigenvalue weighted by Gasteiger charge is 2.05. The Morgan fingerprint density at radius 1 is 1.05 bits per heavy atom. The van der Waals surface area contributed by atoms with Crippen LogP contribution in [0.5, 0.6) is 11.5 Å². The molecule has 0 saturated carbocycles. The summed E-state index contributed by atoms with van der Waals surface area (Å²) in [5.74, 6) is 1.82. The third-order valence-corrected chi connectivity index (χ3v) is 3.27. The van der Waals surface area contributed by atoms with Crippen LogP contribution in [0.15, 0.2) is 42.5 Å². The van der Waals surface area contributed by atoms with Crippen molar-refractivity contribution in [3.63, 3.8) is 0 Å². The Labute approximate surface area is 121 Å². The highest BCUT2D eigenvalue weighted by molar-refractivity contribution is 5.40. The molecule has 0 amide bonds. The summed E-state index contributed by atoms with van der Waals surface area (Å²) < 4.78 is 6.01. The van der Waals surface area contributed by atoms with Gasteiger partial charge in [0.05, 0.1) is 0 Å². The first kappa shape index (κ1) is 14.6. The first-order chi connectivity index (χ1) is 9.72. The van der Waals surface area contributed by atoms with Crippen LogP contribution >= 0.6 is 0 Å². The second-order valence-corrected chi connectivity index (χ2v) is 5.14. The van der Waals surface area contributed by atoms with E-state index in [0.29, 0.717) is 0 Å². The number of hydrogen-bond acceptors (Lipinski definition) is 2. The molecule has 0 aliphatic heterocycles. The monoisotopic (exact) mass is 269 g/mol. The maximum absolute atomic E-state index is 6.01. The maximum atomic E-state index is 6.01. The molecule has 0 unspecified atom stereocenters. The van der Waals surface area contributed by atoms with E-state index in [-0.39, 0.29) is 0 Å². The molecular formula is C18H23NO. The van der Waals surface area contributed by atoms with Crippen LogP contribution in [-0.4, -0.2) is 7.05 Å². The summed E-state index contributed by atoms with van der Waals surface area (Å²) in [4.78, 5) is 0. The van der Waals surface area contributed by atoms with E-state index in [9.17, 15) is 0 Å². The average molecular weight is 269 g/mol. The smallest absolute Gasteiger partial charge is 0.131 e. The van der Waals surface area contributed by atoms with Crippen molar-refractivity contribution in [2.75, 3.05) is 7.05 Å². The summed E-state index contributed by atoms with van der Waals surface area (Å²) in [6.45, 7) is 5.11. The molecule has 2 heteroatoms. The summed E-state index contributed by atoms with van der Waals surface area (Å²) in [5.41, 5.74) is 3.80. The molecule has 0 aromatic heterocycles. The van der Waals surface area contributed by atoms with Crippen molar-refractivity contribution in [2.24, 2.45) is 0 Å². The zero-order valence-corrected chi connectivity index (χ0v) is 12.6. The Morgan fingerprint density at radius 2 is 1.80 bits per heavy atom. The van der Waals surface area contributed by atoms with Gasteiger partial charge in [0.25, 0.3) is 0 Å². The van der Waals surface area contributed by atoms with Crippen molar-refractivity contribution in [3.05, 3.63) is 59.2 Å². The van der Waals surface area contributed by atoms with Gasteiger partial charge in [-0.15, -0.1) is 0 Å². The Balaban J connectivity index is 2.16. The lowest BCUT2D eigenvalue weighted by Gasteiger charge is -2.12. The molecule has 0 atom stereocenters. The number of ether oxygens (including phenoxy) is 1. The van der Waals surface area contributed by atoms with Crippen LogP contribution in [0.2, 0.25) is 0 Å². The van der Waals surface area contributed by atoms with E-state index < -0.39 is 0 Å². The van der Waals surface area contributed by atoms with Crippen LogP contribution in [0.3, 0.4) is 0 Å². The summed E-state index contributed by atoms with van der Waals surface area (Å²) in [6.07, 6.45) is 2.29. The van der Waals surface area contributed by atoms with Crippen LogP contribution in [0.4, 0.5) is 0 Å². The minimum absolute atomic E-state index is 0.810. The molecule has 2 aromatic rings. The second-order valence-electron chi connectivity index (χ2n) is 5.14. The van der Waals surface area contributed by atoms with E-state index in [0.717, 1.165) is 24.5 Å². The first-order valence-electron chi connectivity index (χ1n) is 7.24. The van der Waals surface area contributed by atoms with E-state index in [4.69, 9.17) is 4.74 Å². The molecule has 0 bridgehead atoms. The lowest BCUT2D eigenvalue weighted by molar-refractivity contribution is 0.474. The van der Waals surface area contributed by atoms with Crippen LogP contribution < -0.4 is 10.1 Å². The minimum atomic E-state index is 0.810. The SMILES string of the molecule is CCCc1ccc(Oc2ccc(C)cc2CNC)cc1. The Kier molecular flexibility index (Phi) is 5.19. The molecule has 0 fully saturated rings. The average Bonchev–Trinajstić information content (AvgIpc) is 2.44. The second kappa shape index (κ2) is 7.11. The highest BCUT2D eigenvalue weighted by atomic mass is 16.5. The molecule has 2 nitrogen and oxygen atoms in total. The number of rotatable bonds is 6. The van der Waals surface area contributed by atoms with Crippen LogP contribution in [0.25, 0.3) is 0 Å². The van der Waals surface area contributed by atoms with E-state index in [1.807, 2.05) is 25.2 Å². The zero-order valence-electron chi connectivity index (χ0n) is 12.6. The largest absolute Gasteiger partial charge is 0.457 e. The fourth-order valence-corrected chi connectivity index (χ4v) is 2.28. The summed E-state index contributed by atoms with van der Waals surface area (Å²) >= 11 is 0. The van der Waals surface area contributed by atoms with Gasteiger partial charge in [0.1, 0.15) is 11.5 Å². The Hall–Kier alpha value is -1.80. The Morgan fingerprint density at radius 3 is 2.45 bits per heavy atom. The molecule has 0 heterocycles. The molecular weight excluding hydrogens is 246 g/mol. The van der Waals surface area contributed by atoms with Crippen molar-refractivity contribution < 1.29 is 4.74 Å². The molecule has 20 heavy (non-hydrogen) atoms. The van der Waals surface area contributed by atoms with Crippen molar-refractivity contribution in [1.82, 2.24) is 5.32 Å². The summed E-state index contributed by atoms with van der Waals surface area (Å²) in [6, 6.07) is 14.7. The van der Waals surface area contributed by atoms with Gasteiger partial charge in [-0.05, 0) is 44.2 Å². The third-order valence-electron chi connectivity index (χ3n) is 3.27. The van der Waals surface area contributed by atoms with Crippen LogP contribution in [0, 0.1) is 6.92 Å². The number of hydrogen-bond donors (Lipinski definition) is 1. The molecule has 0 aliphatic rings. The van der Waals surface area contributed by atoms with Gasteiger partial charge >= 0.3 is 0 Å². The number of aryl methyl sites for hydroxylation is 2. The predicted octanol–water partition coefficient (Wildman–Crippen LogP) is 4.46. The van der Waals surface area contributed by atoms with Gasteiger partial charge in [-0.3, -0.25) is 0 Å². The quantitative estimate of drug-likeness (QED) is 0.836. The fraction of sp³-hybridized carbons (Fsp3) is 0.333.